The van der Waals surface area contributed by atoms with Crippen LogP contribution in [0.2, 0.25) is 10.0 Å². The third-order valence-corrected chi connectivity index (χ3v) is 5.00. The summed E-state index contributed by atoms with van der Waals surface area (Å²) in [5.74, 6) is -0.752. The zero-order valence-electron chi connectivity index (χ0n) is 15.4. The van der Waals surface area contributed by atoms with Crippen molar-refractivity contribution in [2.75, 3.05) is 6.61 Å². The van der Waals surface area contributed by atoms with Crippen LogP contribution < -0.4 is 5.69 Å². The summed E-state index contributed by atoms with van der Waals surface area (Å²) in [6.45, 7) is 1.92. The van der Waals surface area contributed by atoms with Crippen LogP contribution in [-0.2, 0) is 16.1 Å². The molecule has 3 rings (SSSR count). The van der Waals surface area contributed by atoms with Crippen molar-refractivity contribution in [3.05, 3.63) is 63.0 Å². The molecule has 0 spiro atoms. The van der Waals surface area contributed by atoms with E-state index in [9.17, 15) is 19.8 Å². The second-order valence-electron chi connectivity index (χ2n) is 6.14. The summed E-state index contributed by atoms with van der Waals surface area (Å²) in [6, 6.07) is 10.5. The van der Waals surface area contributed by atoms with Crippen molar-refractivity contribution in [3.8, 4) is 28.6 Å². The van der Waals surface area contributed by atoms with Gasteiger partial charge >= 0.3 is 11.7 Å². The van der Waals surface area contributed by atoms with Gasteiger partial charge in [-0.25, -0.2) is 9.36 Å². The number of imidazole rings is 1. The van der Waals surface area contributed by atoms with E-state index in [0.717, 1.165) is 4.57 Å². The maximum atomic E-state index is 13.1. The number of phenolic OH excluding ortho intramolecular Hbond substituents is 1. The summed E-state index contributed by atoms with van der Waals surface area (Å²) in [5, 5.41) is 21.0. The van der Waals surface area contributed by atoms with Crippen LogP contribution in [0.4, 0.5) is 0 Å². The Kier molecular flexibility index (Phi) is 6.20. The number of aromatic nitrogens is 2. The molecule has 0 aliphatic rings. The van der Waals surface area contributed by atoms with Gasteiger partial charge in [0.15, 0.2) is 0 Å². The summed E-state index contributed by atoms with van der Waals surface area (Å²) in [7, 11) is 0. The maximum absolute atomic E-state index is 13.1. The summed E-state index contributed by atoms with van der Waals surface area (Å²) in [5.41, 5.74) is 0.440. The van der Waals surface area contributed by atoms with E-state index in [-0.39, 0.29) is 41.9 Å². The van der Waals surface area contributed by atoms with Gasteiger partial charge in [-0.2, -0.15) is 0 Å². The molecule has 0 saturated heterocycles. The van der Waals surface area contributed by atoms with Crippen molar-refractivity contribution in [1.82, 2.24) is 9.13 Å². The molecule has 1 aromatic heterocycles. The Balaban J connectivity index is 2.16. The Morgan fingerprint density at radius 1 is 1.07 bits per heavy atom. The molecule has 152 valence electrons. The lowest BCUT2D eigenvalue weighted by Crippen LogP contribution is -2.25. The van der Waals surface area contributed by atoms with Crippen LogP contribution in [-0.4, -0.2) is 31.9 Å². The van der Waals surface area contributed by atoms with E-state index < -0.39 is 11.7 Å². The fourth-order valence-corrected chi connectivity index (χ4v) is 3.23. The normalized spacial score (nSPS) is 10.9. The van der Waals surface area contributed by atoms with Gasteiger partial charge in [-0.15, -0.1) is 0 Å². The minimum Gasteiger partial charge on any atom is -0.508 e. The average molecular weight is 437 g/mol. The molecule has 7 nitrogen and oxygen atoms in total. The topological polar surface area (TPSA) is 93.7 Å². The minimum absolute atomic E-state index is 0.00421. The van der Waals surface area contributed by atoms with Gasteiger partial charge in [-0.1, -0.05) is 23.2 Å². The average Bonchev–Trinajstić information content (AvgIpc) is 2.93. The first-order valence-corrected chi connectivity index (χ1v) is 9.54. The van der Waals surface area contributed by atoms with Gasteiger partial charge in [-0.05, 0) is 49.4 Å². The number of aromatic hydroxyl groups is 2. The smallest absolute Gasteiger partial charge is 0.336 e. The fraction of sp³-hybridized carbons (Fsp3) is 0.200. The molecule has 0 amide bonds. The zero-order chi connectivity index (χ0) is 21.1. The number of nitrogens with zero attached hydrogens (tertiary/aromatic N) is 2. The number of carbonyl (C=O) groups excluding carboxylic acids is 1. The SMILES string of the molecule is CCOC(=O)CCn1c(-c2ccc(O)cc2)c(O)n(-c2ccc(Cl)c(Cl)c2)c1=O. The van der Waals surface area contributed by atoms with Gasteiger partial charge in [0, 0.05) is 12.1 Å². The largest absolute Gasteiger partial charge is 0.508 e. The molecule has 0 aliphatic heterocycles. The molecule has 0 saturated carbocycles. The van der Waals surface area contributed by atoms with Crippen molar-refractivity contribution in [3.63, 3.8) is 0 Å². The van der Waals surface area contributed by atoms with Gasteiger partial charge in [0.2, 0.25) is 5.88 Å². The van der Waals surface area contributed by atoms with E-state index in [4.69, 9.17) is 27.9 Å². The number of esters is 1. The van der Waals surface area contributed by atoms with Crippen LogP contribution in [0.15, 0.2) is 47.3 Å². The molecule has 3 aromatic rings. The first-order chi connectivity index (χ1) is 13.8. The van der Waals surface area contributed by atoms with Gasteiger partial charge in [0.1, 0.15) is 11.4 Å². The molecule has 0 radical (unpaired) electrons. The van der Waals surface area contributed by atoms with E-state index in [0.29, 0.717) is 16.3 Å². The van der Waals surface area contributed by atoms with E-state index in [1.165, 1.54) is 28.8 Å². The Morgan fingerprint density at radius 3 is 2.38 bits per heavy atom. The maximum Gasteiger partial charge on any atom is 0.336 e. The Bertz CT molecular complexity index is 1100. The number of carbonyl (C=O) groups is 1. The molecule has 1 heterocycles. The van der Waals surface area contributed by atoms with Crippen molar-refractivity contribution < 1.29 is 19.7 Å². The predicted molar refractivity (Wildman–Crippen MR) is 110 cm³/mol. The third-order valence-electron chi connectivity index (χ3n) is 4.26. The number of halogens is 2. The second-order valence-corrected chi connectivity index (χ2v) is 6.96. The molecular weight excluding hydrogens is 419 g/mol. The summed E-state index contributed by atoms with van der Waals surface area (Å²) >= 11 is 12.0. The first-order valence-electron chi connectivity index (χ1n) is 8.78. The Labute approximate surface area is 176 Å². The molecule has 2 N–H and O–H groups in total. The molecule has 9 heteroatoms. The highest BCUT2D eigenvalue weighted by Gasteiger charge is 2.23. The number of phenols is 1. The molecule has 0 aliphatic carbocycles. The molecular formula is C20H18Cl2N2O5. The lowest BCUT2D eigenvalue weighted by molar-refractivity contribution is -0.143. The predicted octanol–water partition coefficient (Wildman–Crippen LogP) is 3.98. The van der Waals surface area contributed by atoms with Crippen LogP contribution >= 0.6 is 23.2 Å². The number of hydrogen-bond donors (Lipinski definition) is 2. The fourth-order valence-electron chi connectivity index (χ4n) is 2.94. The van der Waals surface area contributed by atoms with Gasteiger partial charge in [0.25, 0.3) is 0 Å². The summed E-state index contributed by atoms with van der Waals surface area (Å²) in [6.07, 6.45) is -0.0519. The Morgan fingerprint density at radius 2 is 1.76 bits per heavy atom. The zero-order valence-corrected chi connectivity index (χ0v) is 16.9. The number of benzene rings is 2. The van der Waals surface area contributed by atoms with Crippen LogP contribution in [0.5, 0.6) is 11.6 Å². The van der Waals surface area contributed by atoms with Crippen LogP contribution in [0.3, 0.4) is 0 Å². The first kappa shape index (κ1) is 20.8. The number of ether oxygens (including phenoxy) is 1. The van der Waals surface area contributed by atoms with Gasteiger partial charge in [0.05, 0.1) is 28.8 Å². The highest BCUT2D eigenvalue weighted by molar-refractivity contribution is 6.42. The third kappa shape index (κ3) is 4.26. The number of rotatable bonds is 6. The molecule has 0 fully saturated rings. The van der Waals surface area contributed by atoms with E-state index in [2.05, 4.69) is 0 Å². The highest BCUT2D eigenvalue weighted by Crippen LogP contribution is 2.33. The van der Waals surface area contributed by atoms with Crippen LogP contribution in [0.1, 0.15) is 13.3 Å². The van der Waals surface area contributed by atoms with Gasteiger partial charge < -0.3 is 14.9 Å². The van der Waals surface area contributed by atoms with E-state index >= 15 is 0 Å². The quantitative estimate of drug-likeness (QED) is 0.569. The lowest BCUT2D eigenvalue weighted by Gasteiger charge is -2.08. The lowest BCUT2D eigenvalue weighted by atomic mass is 10.1. The Hall–Kier alpha value is -2.90. The second kappa shape index (κ2) is 8.63. The molecule has 2 aromatic carbocycles. The summed E-state index contributed by atoms with van der Waals surface area (Å²) in [4.78, 5) is 24.9. The van der Waals surface area contributed by atoms with Crippen molar-refractivity contribution in [2.24, 2.45) is 0 Å². The van der Waals surface area contributed by atoms with E-state index in [1.54, 1.807) is 25.1 Å². The summed E-state index contributed by atoms with van der Waals surface area (Å²) < 4.78 is 7.28. The van der Waals surface area contributed by atoms with Crippen LogP contribution in [0, 0.1) is 0 Å². The van der Waals surface area contributed by atoms with E-state index in [1.807, 2.05) is 0 Å². The molecule has 0 atom stereocenters. The van der Waals surface area contributed by atoms with Gasteiger partial charge in [-0.3, -0.25) is 9.36 Å². The van der Waals surface area contributed by atoms with Crippen molar-refractivity contribution in [1.29, 1.82) is 0 Å². The monoisotopic (exact) mass is 436 g/mol. The van der Waals surface area contributed by atoms with Crippen molar-refractivity contribution in [2.45, 2.75) is 19.9 Å². The standard InChI is InChI=1S/C20H18Cl2N2O5/c1-2-29-17(26)9-10-23-18(12-3-6-14(25)7-4-12)19(27)24(20(23)28)13-5-8-15(21)16(22)11-13/h3-8,11,25,27H,2,9-10H2,1H3. The van der Waals surface area contributed by atoms with Crippen LogP contribution in [0.25, 0.3) is 16.9 Å². The highest BCUT2D eigenvalue weighted by atomic mass is 35.5. The molecule has 29 heavy (non-hydrogen) atoms. The molecule has 0 bridgehead atoms. The number of hydrogen-bond acceptors (Lipinski definition) is 5. The minimum atomic E-state index is -0.562. The van der Waals surface area contributed by atoms with Crippen molar-refractivity contribution >= 4 is 29.2 Å². The molecule has 0 unspecified atom stereocenters.